The van der Waals surface area contributed by atoms with Gasteiger partial charge in [0.1, 0.15) is 11.8 Å². The van der Waals surface area contributed by atoms with Crippen molar-refractivity contribution in [1.29, 1.82) is 5.26 Å². The van der Waals surface area contributed by atoms with Gasteiger partial charge in [-0.15, -0.1) is 5.10 Å². The first-order chi connectivity index (χ1) is 20.5. The SMILES string of the molecule is CCC(OC(=O)c1ccc([N+](=O)[O-])cc1)(c1cn(Cc2ccn3c(-c4ccnc(C)c4)c(C#N)cc3c2)nn1)C(F)(F)F. The molecule has 1 aromatic carbocycles. The number of carbonyl (C=O) groups is 1. The Hall–Kier alpha value is -5.58. The second kappa shape index (κ2) is 11.0. The first kappa shape index (κ1) is 28.9. The second-order valence-corrected chi connectivity index (χ2v) is 9.71. The largest absolute Gasteiger partial charge is 0.439 e. The summed E-state index contributed by atoms with van der Waals surface area (Å²) in [5.41, 5.74) is -0.280. The molecule has 0 aliphatic heterocycles. The van der Waals surface area contributed by atoms with Gasteiger partial charge in [-0.3, -0.25) is 15.1 Å². The Morgan fingerprint density at radius 3 is 2.51 bits per heavy atom. The number of ether oxygens (including phenoxy) is 1. The molecule has 0 saturated heterocycles. The number of aryl methyl sites for hydroxylation is 1. The molecule has 0 amide bonds. The lowest BCUT2D eigenvalue weighted by molar-refractivity contribution is -0.384. The van der Waals surface area contributed by atoms with E-state index in [0.717, 1.165) is 41.7 Å². The van der Waals surface area contributed by atoms with Crippen LogP contribution in [0.5, 0.6) is 0 Å². The number of rotatable bonds is 8. The van der Waals surface area contributed by atoms with Crippen molar-refractivity contribution < 1.29 is 27.6 Å². The van der Waals surface area contributed by atoms with Gasteiger partial charge in [0.25, 0.3) is 11.3 Å². The predicted octanol–water partition coefficient (Wildman–Crippen LogP) is 5.75. The highest BCUT2D eigenvalue weighted by Gasteiger charge is 2.60. The van der Waals surface area contributed by atoms with Gasteiger partial charge in [0.2, 0.25) is 0 Å². The van der Waals surface area contributed by atoms with Crippen LogP contribution in [0.1, 0.15) is 46.2 Å². The Kier molecular flexibility index (Phi) is 7.41. The van der Waals surface area contributed by atoms with E-state index >= 15 is 0 Å². The molecule has 0 aliphatic carbocycles. The highest BCUT2D eigenvalue weighted by Crippen LogP contribution is 2.44. The molecule has 0 N–H and O–H groups in total. The molecular weight excluding hydrogens is 567 g/mol. The highest BCUT2D eigenvalue weighted by molar-refractivity contribution is 5.90. The number of nitriles is 1. The van der Waals surface area contributed by atoms with Crippen LogP contribution >= 0.6 is 0 Å². The molecule has 0 spiro atoms. The van der Waals surface area contributed by atoms with Crippen LogP contribution in [0, 0.1) is 28.4 Å². The van der Waals surface area contributed by atoms with Crippen molar-refractivity contribution in [2.75, 3.05) is 0 Å². The molecule has 43 heavy (non-hydrogen) atoms. The summed E-state index contributed by atoms with van der Waals surface area (Å²) in [6, 6.07) is 15.1. The summed E-state index contributed by atoms with van der Waals surface area (Å²) in [7, 11) is 0. The molecule has 14 heteroatoms. The summed E-state index contributed by atoms with van der Waals surface area (Å²) in [5, 5.41) is 28.2. The number of fused-ring (bicyclic) bond motifs is 1. The minimum absolute atomic E-state index is 0.0359. The van der Waals surface area contributed by atoms with Gasteiger partial charge in [-0.25, -0.2) is 9.48 Å². The van der Waals surface area contributed by atoms with Crippen LogP contribution in [0.15, 0.2) is 73.2 Å². The van der Waals surface area contributed by atoms with Crippen molar-refractivity contribution in [3.05, 3.63) is 111 Å². The monoisotopic (exact) mass is 589 g/mol. The van der Waals surface area contributed by atoms with Gasteiger partial charge in [-0.05, 0) is 61.4 Å². The molecule has 11 nitrogen and oxygen atoms in total. The van der Waals surface area contributed by atoms with Gasteiger partial charge < -0.3 is 9.14 Å². The highest BCUT2D eigenvalue weighted by atomic mass is 19.4. The number of esters is 1. The number of pyridine rings is 2. The summed E-state index contributed by atoms with van der Waals surface area (Å²) in [6.07, 6.45) is -1.28. The van der Waals surface area contributed by atoms with Gasteiger partial charge in [0.05, 0.1) is 34.5 Å². The van der Waals surface area contributed by atoms with E-state index in [2.05, 4.69) is 21.4 Å². The molecule has 1 unspecified atom stereocenters. The van der Waals surface area contributed by atoms with Gasteiger partial charge >= 0.3 is 12.1 Å². The average molecular weight is 590 g/mol. The molecule has 0 aliphatic rings. The van der Waals surface area contributed by atoms with E-state index in [0.29, 0.717) is 22.3 Å². The van der Waals surface area contributed by atoms with Crippen molar-refractivity contribution >= 4 is 17.2 Å². The molecule has 0 radical (unpaired) electrons. The van der Waals surface area contributed by atoms with Crippen molar-refractivity contribution in [3.63, 3.8) is 0 Å². The van der Waals surface area contributed by atoms with Gasteiger partial charge in [0, 0.05) is 41.3 Å². The Morgan fingerprint density at radius 2 is 1.88 bits per heavy atom. The Morgan fingerprint density at radius 1 is 1.14 bits per heavy atom. The number of aromatic nitrogens is 5. The average Bonchev–Trinajstić information content (AvgIpc) is 3.59. The summed E-state index contributed by atoms with van der Waals surface area (Å²) >= 11 is 0. The van der Waals surface area contributed by atoms with Gasteiger partial charge in [-0.2, -0.15) is 18.4 Å². The normalized spacial score (nSPS) is 12.9. The fraction of sp³-hybridized carbons (Fsp3) is 0.207. The molecule has 5 rings (SSSR count). The maximum atomic E-state index is 14.5. The van der Waals surface area contributed by atoms with E-state index in [-0.39, 0.29) is 17.8 Å². The van der Waals surface area contributed by atoms with Crippen LogP contribution in [0.4, 0.5) is 18.9 Å². The minimum atomic E-state index is -5.06. The predicted molar refractivity (Wildman–Crippen MR) is 146 cm³/mol. The van der Waals surface area contributed by atoms with Crippen LogP contribution in [0.3, 0.4) is 0 Å². The van der Waals surface area contributed by atoms with Crippen molar-refractivity contribution in [1.82, 2.24) is 24.4 Å². The fourth-order valence-electron chi connectivity index (χ4n) is 4.79. The number of hydrogen-bond donors (Lipinski definition) is 0. The number of alkyl halides is 3. The van der Waals surface area contributed by atoms with Crippen molar-refractivity contribution in [3.8, 4) is 17.3 Å². The smallest absolute Gasteiger partial charge is 0.434 e. The summed E-state index contributed by atoms with van der Waals surface area (Å²) in [4.78, 5) is 27.1. The zero-order valence-corrected chi connectivity index (χ0v) is 22.7. The van der Waals surface area contributed by atoms with E-state index in [1.165, 1.54) is 11.6 Å². The van der Waals surface area contributed by atoms with E-state index in [1.807, 2.05) is 17.4 Å². The number of nitro groups is 1. The lowest BCUT2D eigenvalue weighted by Crippen LogP contribution is -2.46. The number of nitrogens with zero attached hydrogens (tertiary/aromatic N) is 7. The van der Waals surface area contributed by atoms with E-state index in [1.54, 1.807) is 36.7 Å². The first-order valence-corrected chi connectivity index (χ1v) is 12.9. The Balaban J connectivity index is 1.44. The molecule has 1 atom stereocenters. The standard InChI is InChI=1S/C29H22F3N7O4/c1-3-28(29(30,31)32,43-27(40)20-4-6-23(7-5-20)39(41)42)25-17-37(36-35-25)16-19-9-11-38-24(13-19)14-22(15-33)26(38)21-8-10-34-18(2)12-21/h4-14,17H,3,16H2,1-2H3. The lowest BCUT2D eigenvalue weighted by atomic mass is 9.95. The number of carbonyl (C=O) groups excluding carboxylic acids is 1. The first-order valence-electron chi connectivity index (χ1n) is 12.9. The molecule has 218 valence electrons. The molecular formula is C29H22F3N7O4. The van der Waals surface area contributed by atoms with Gasteiger partial charge in [0.15, 0.2) is 0 Å². The van der Waals surface area contributed by atoms with E-state index < -0.39 is 34.8 Å². The molecule has 0 saturated carbocycles. The topological polar surface area (TPSA) is 141 Å². The third-order valence-electron chi connectivity index (χ3n) is 6.96. The van der Waals surface area contributed by atoms with Crippen LogP contribution in [0.2, 0.25) is 0 Å². The summed E-state index contributed by atoms with van der Waals surface area (Å²) in [5.74, 6) is -1.32. The number of halogens is 3. The van der Waals surface area contributed by atoms with E-state index in [4.69, 9.17) is 4.74 Å². The van der Waals surface area contributed by atoms with Gasteiger partial charge in [-0.1, -0.05) is 12.1 Å². The molecule has 5 aromatic rings. The van der Waals surface area contributed by atoms with Crippen LogP contribution < -0.4 is 0 Å². The second-order valence-electron chi connectivity index (χ2n) is 9.71. The maximum absolute atomic E-state index is 14.5. The van der Waals surface area contributed by atoms with Crippen molar-refractivity contribution in [2.45, 2.75) is 38.6 Å². The number of nitro benzene ring substituents is 1. The summed E-state index contributed by atoms with van der Waals surface area (Å²) < 4.78 is 51.5. The zero-order valence-electron chi connectivity index (χ0n) is 22.7. The number of benzene rings is 1. The van der Waals surface area contributed by atoms with Crippen LogP contribution in [-0.4, -0.2) is 41.4 Å². The summed E-state index contributed by atoms with van der Waals surface area (Å²) in [6.45, 7) is 3.08. The molecule has 4 aromatic heterocycles. The maximum Gasteiger partial charge on any atom is 0.434 e. The third kappa shape index (κ3) is 5.40. The quantitative estimate of drug-likeness (QED) is 0.126. The van der Waals surface area contributed by atoms with E-state index in [9.17, 15) is 33.3 Å². The zero-order chi connectivity index (χ0) is 30.9. The molecule has 0 bridgehead atoms. The van der Waals surface area contributed by atoms with Crippen LogP contribution in [0.25, 0.3) is 16.8 Å². The van der Waals surface area contributed by atoms with Crippen molar-refractivity contribution in [2.24, 2.45) is 0 Å². The lowest BCUT2D eigenvalue weighted by Gasteiger charge is -2.32. The number of hydrogen-bond acceptors (Lipinski definition) is 8. The number of non-ortho nitro benzene ring substituents is 1. The minimum Gasteiger partial charge on any atom is -0.439 e. The third-order valence-corrected chi connectivity index (χ3v) is 6.96. The fourth-order valence-corrected chi connectivity index (χ4v) is 4.79. The Bertz CT molecular complexity index is 1890. The van der Waals surface area contributed by atoms with Crippen LogP contribution in [-0.2, 0) is 16.9 Å². The molecule has 0 fully saturated rings. The molecule has 4 heterocycles. The Labute approximate surface area is 241 Å².